The first-order valence-corrected chi connectivity index (χ1v) is 18.4. The van der Waals surface area contributed by atoms with Crippen LogP contribution in [0, 0.1) is 5.92 Å². The number of carbonyl (C=O) groups is 5. The van der Waals surface area contributed by atoms with Crippen molar-refractivity contribution in [3.63, 3.8) is 0 Å². The van der Waals surface area contributed by atoms with Crippen LogP contribution >= 0.6 is 0 Å². The second kappa shape index (κ2) is 16.0. The maximum absolute atomic E-state index is 13.1. The molecule has 5 amide bonds. The van der Waals surface area contributed by atoms with Crippen molar-refractivity contribution in [3.8, 4) is 5.75 Å². The fourth-order valence-corrected chi connectivity index (χ4v) is 7.52. The van der Waals surface area contributed by atoms with Crippen LogP contribution in [-0.2, 0) is 19.2 Å². The lowest BCUT2D eigenvalue weighted by molar-refractivity contribution is -0.142. The van der Waals surface area contributed by atoms with Crippen LogP contribution in [0.2, 0.25) is 0 Å². The number of rotatable bonds is 13. The summed E-state index contributed by atoms with van der Waals surface area (Å²) in [6, 6.07) is 4.28. The van der Waals surface area contributed by atoms with E-state index in [1.807, 2.05) is 43.9 Å². The highest BCUT2D eigenvalue weighted by atomic mass is 16.5. The molecule has 2 unspecified atom stereocenters. The third kappa shape index (κ3) is 7.67. The molecule has 3 N–H and O–H groups in total. The maximum atomic E-state index is 13.1. The molecule has 2 saturated heterocycles. The molecule has 1 aliphatic carbocycles. The van der Waals surface area contributed by atoms with Gasteiger partial charge in [0, 0.05) is 49.7 Å². The molecule has 0 bridgehead atoms. The summed E-state index contributed by atoms with van der Waals surface area (Å²) in [5, 5.41) is 8.57. The average Bonchev–Trinajstić information content (AvgIpc) is 3.48. The van der Waals surface area contributed by atoms with Crippen LogP contribution < -0.4 is 30.5 Å². The summed E-state index contributed by atoms with van der Waals surface area (Å²) in [5.74, 6) is 0.381. The van der Waals surface area contributed by atoms with Crippen molar-refractivity contribution in [2.75, 3.05) is 42.4 Å². The van der Waals surface area contributed by atoms with Gasteiger partial charge in [0.05, 0.1) is 19.0 Å². The SMILES string of the molecule is CC[C@@H]1C(=O)N(C)c2cnc(Nc3ccc(C(=O)NCCCCCC=C4C=CC=C5C(=O)N(C6CCC(=O)NC6=O)CC45)cc3OC)nc2N1C(C)C. The summed E-state index contributed by atoms with van der Waals surface area (Å²) in [7, 11) is 3.28. The molecule has 0 radical (unpaired) electrons. The summed E-state index contributed by atoms with van der Waals surface area (Å²) in [5.41, 5.74) is 3.46. The van der Waals surface area contributed by atoms with Gasteiger partial charge in [-0.15, -0.1) is 0 Å². The highest BCUT2D eigenvalue weighted by Crippen LogP contribution is 2.38. The standard InChI is InChI=1S/C39H48N8O6/c1-6-29-38(52)45(4)31-21-41-39(44-34(31)47(29)23(2)3)42-28-16-15-25(20-32(28)53-5)35(49)40-19-10-8-7-9-12-24-13-11-14-26-27(24)22-46(37(26)51)30-17-18-33(48)43-36(30)50/h11-16,20-21,23,27,29-30H,6-10,17-19,22H2,1-5H3,(H,40,49)(H,41,42,44)(H,43,48,50)/t27?,29-,30?/m1/s1. The highest BCUT2D eigenvalue weighted by molar-refractivity contribution is 6.06. The van der Waals surface area contributed by atoms with Gasteiger partial charge in [-0.05, 0) is 69.7 Å². The molecule has 1 aromatic heterocycles. The van der Waals surface area contributed by atoms with Crippen LogP contribution in [0.25, 0.3) is 0 Å². The Morgan fingerprint density at radius 3 is 2.70 bits per heavy atom. The van der Waals surface area contributed by atoms with Crippen LogP contribution in [0.3, 0.4) is 0 Å². The third-order valence-electron chi connectivity index (χ3n) is 10.3. The van der Waals surface area contributed by atoms with Gasteiger partial charge in [-0.3, -0.25) is 29.3 Å². The van der Waals surface area contributed by atoms with E-state index < -0.39 is 11.9 Å². The quantitative estimate of drug-likeness (QED) is 0.202. The number of nitrogens with zero attached hydrogens (tertiary/aromatic N) is 5. The molecule has 0 saturated carbocycles. The number of piperidine rings is 1. The Bertz CT molecular complexity index is 1890. The van der Waals surface area contributed by atoms with Gasteiger partial charge >= 0.3 is 0 Å². The Labute approximate surface area is 309 Å². The van der Waals surface area contributed by atoms with Crippen molar-refractivity contribution >= 4 is 52.7 Å². The minimum atomic E-state index is -0.615. The number of hydrogen-bond donors (Lipinski definition) is 3. The number of imide groups is 1. The summed E-state index contributed by atoms with van der Waals surface area (Å²) < 4.78 is 5.62. The predicted octanol–water partition coefficient (Wildman–Crippen LogP) is 4.18. The van der Waals surface area contributed by atoms with E-state index in [4.69, 9.17) is 9.72 Å². The molecule has 53 heavy (non-hydrogen) atoms. The van der Waals surface area contributed by atoms with E-state index >= 15 is 0 Å². The predicted molar refractivity (Wildman–Crippen MR) is 201 cm³/mol. The lowest BCUT2D eigenvalue weighted by atomic mass is 9.88. The molecular weight excluding hydrogens is 676 g/mol. The number of benzene rings is 1. The van der Waals surface area contributed by atoms with Gasteiger partial charge in [0.25, 0.3) is 11.8 Å². The second-order valence-corrected chi connectivity index (χ2v) is 14.0. The van der Waals surface area contributed by atoms with Crippen LogP contribution in [0.1, 0.15) is 76.1 Å². The zero-order chi connectivity index (χ0) is 37.8. The summed E-state index contributed by atoms with van der Waals surface area (Å²) in [6.07, 6.45) is 14.2. The zero-order valence-corrected chi connectivity index (χ0v) is 31.0. The lowest BCUT2D eigenvalue weighted by Crippen LogP contribution is -2.54. The molecule has 2 aromatic rings. The molecule has 280 valence electrons. The molecule has 6 rings (SSSR count). The topological polar surface area (TPSA) is 166 Å². The van der Waals surface area contributed by atoms with Crippen LogP contribution in [0.5, 0.6) is 5.75 Å². The Hall–Kier alpha value is -5.53. The van der Waals surface area contributed by atoms with Gasteiger partial charge in [0.1, 0.15) is 23.5 Å². The van der Waals surface area contributed by atoms with Crippen LogP contribution in [0.15, 0.2) is 59.8 Å². The Kier molecular flexibility index (Phi) is 11.2. The van der Waals surface area contributed by atoms with Crippen molar-refractivity contribution in [2.45, 2.75) is 83.8 Å². The first kappa shape index (κ1) is 37.2. The van der Waals surface area contributed by atoms with Crippen LogP contribution in [0.4, 0.5) is 23.1 Å². The van der Waals surface area contributed by atoms with E-state index in [1.165, 1.54) is 7.11 Å². The Balaban J connectivity index is 0.984. The number of anilines is 4. The van der Waals surface area contributed by atoms with Crippen molar-refractivity contribution in [3.05, 3.63) is 65.4 Å². The van der Waals surface area contributed by atoms with Crippen molar-refractivity contribution in [2.24, 2.45) is 5.92 Å². The Morgan fingerprint density at radius 1 is 1.15 bits per heavy atom. The average molecular weight is 725 g/mol. The van der Waals surface area contributed by atoms with E-state index in [0.29, 0.717) is 66.0 Å². The molecule has 3 atom stereocenters. The number of nitrogens with one attached hydrogen (secondary N) is 3. The smallest absolute Gasteiger partial charge is 0.251 e. The highest BCUT2D eigenvalue weighted by Gasteiger charge is 2.44. The number of fused-ring (bicyclic) bond motifs is 2. The lowest BCUT2D eigenvalue weighted by Gasteiger charge is -2.42. The minimum Gasteiger partial charge on any atom is -0.495 e. The molecule has 14 nitrogen and oxygen atoms in total. The van der Waals surface area contributed by atoms with Gasteiger partial charge in [0.15, 0.2) is 5.82 Å². The number of aromatic nitrogens is 2. The summed E-state index contributed by atoms with van der Waals surface area (Å²) in [4.78, 5) is 77.7. The summed E-state index contributed by atoms with van der Waals surface area (Å²) >= 11 is 0. The minimum absolute atomic E-state index is 0.0150. The number of ether oxygens (including phenoxy) is 1. The molecule has 3 aliphatic heterocycles. The first-order valence-electron chi connectivity index (χ1n) is 18.4. The normalized spacial score (nSPS) is 21.8. The van der Waals surface area contributed by atoms with Gasteiger partial charge in [-0.25, -0.2) is 4.98 Å². The first-order chi connectivity index (χ1) is 25.5. The molecular formula is C39H48N8O6. The van der Waals surface area contributed by atoms with Crippen molar-refractivity contribution < 1.29 is 28.7 Å². The van der Waals surface area contributed by atoms with E-state index in [-0.39, 0.29) is 48.1 Å². The molecule has 2 fully saturated rings. The molecule has 1 aromatic carbocycles. The van der Waals surface area contributed by atoms with Crippen molar-refractivity contribution in [1.29, 1.82) is 0 Å². The Morgan fingerprint density at radius 2 is 1.96 bits per heavy atom. The molecule has 4 heterocycles. The van der Waals surface area contributed by atoms with Gasteiger partial charge in [-0.2, -0.15) is 4.98 Å². The van der Waals surface area contributed by atoms with Crippen LogP contribution in [-0.4, -0.2) is 89.8 Å². The monoisotopic (exact) mass is 724 g/mol. The fraction of sp³-hybridized carbons (Fsp3) is 0.462. The number of allylic oxidation sites excluding steroid dienone is 4. The van der Waals surface area contributed by atoms with E-state index in [0.717, 1.165) is 31.3 Å². The van der Waals surface area contributed by atoms with E-state index in [1.54, 1.807) is 41.2 Å². The third-order valence-corrected chi connectivity index (χ3v) is 10.3. The molecule has 0 spiro atoms. The number of amides is 5. The molecule has 14 heteroatoms. The van der Waals surface area contributed by atoms with Crippen molar-refractivity contribution in [1.82, 2.24) is 25.5 Å². The summed E-state index contributed by atoms with van der Waals surface area (Å²) in [6.45, 7) is 7.02. The number of methoxy groups -OCH3 is 1. The number of likely N-dealkylation sites (N-methyl/N-ethyl adjacent to an activating group) is 1. The van der Waals surface area contributed by atoms with Gasteiger partial charge < -0.3 is 30.1 Å². The number of unbranched alkanes of at least 4 members (excludes halogenated alkanes) is 3. The molecule has 4 aliphatic rings. The van der Waals surface area contributed by atoms with Gasteiger partial charge in [-0.1, -0.05) is 37.6 Å². The largest absolute Gasteiger partial charge is 0.495 e. The number of hydrogen-bond acceptors (Lipinski definition) is 10. The number of likely N-dealkylation sites (tertiary alicyclic amines) is 1. The number of carbonyl (C=O) groups excluding carboxylic acids is 5. The second-order valence-electron chi connectivity index (χ2n) is 14.0. The zero-order valence-electron chi connectivity index (χ0n) is 31.0. The van der Waals surface area contributed by atoms with E-state index in [2.05, 4.69) is 27.0 Å². The maximum Gasteiger partial charge on any atom is 0.251 e. The fourth-order valence-electron chi connectivity index (χ4n) is 7.52. The van der Waals surface area contributed by atoms with E-state index in [9.17, 15) is 24.0 Å². The van der Waals surface area contributed by atoms with Gasteiger partial charge in [0.2, 0.25) is 23.7 Å².